The fraction of sp³-hybridized carbons (Fsp3) is 0.0714. The fourth-order valence-corrected chi connectivity index (χ4v) is 2.56. The summed E-state index contributed by atoms with van der Waals surface area (Å²) in [4.78, 5) is 24.4. The van der Waals surface area contributed by atoms with Gasteiger partial charge in [0.1, 0.15) is 17.8 Å². The van der Waals surface area contributed by atoms with E-state index in [2.05, 4.69) is 24.6 Å². The Hall–Kier alpha value is -2.38. The molecule has 6 nitrogen and oxygen atoms in total. The third-order valence-electron chi connectivity index (χ3n) is 2.77. The minimum atomic E-state index is -0.359. The Bertz CT molecular complexity index is 835. The molecule has 0 spiro atoms. The van der Waals surface area contributed by atoms with E-state index in [0.29, 0.717) is 21.7 Å². The van der Waals surface area contributed by atoms with E-state index in [0.717, 1.165) is 17.1 Å². The zero-order valence-corrected chi connectivity index (χ0v) is 13.0. The molecule has 2 heterocycles. The summed E-state index contributed by atoms with van der Waals surface area (Å²) in [6, 6.07) is 8.85. The van der Waals surface area contributed by atoms with Crippen LogP contribution in [0.1, 0.15) is 16.3 Å². The Kier molecular flexibility index (Phi) is 4.08. The molecule has 1 aromatic carbocycles. The molecule has 0 aliphatic carbocycles. The number of rotatable bonds is 3. The first-order valence-electron chi connectivity index (χ1n) is 6.31. The van der Waals surface area contributed by atoms with E-state index in [1.54, 1.807) is 25.1 Å². The molecule has 3 aromatic rings. The van der Waals surface area contributed by atoms with Crippen LogP contribution >= 0.6 is 23.1 Å². The van der Waals surface area contributed by atoms with Gasteiger partial charge < -0.3 is 0 Å². The van der Waals surface area contributed by atoms with E-state index in [1.807, 2.05) is 12.1 Å². The fourth-order valence-electron chi connectivity index (χ4n) is 1.80. The van der Waals surface area contributed by atoms with Crippen molar-refractivity contribution in [3.8, 4) is 11.3 Å². The van der Waals surface area contributed by atoms with E-state index in [1.165, 1.54) is 6.33 Å². The number of hydrogen-bond donors (Lipinski definition) is 1. The number of hydrogen-bond acceptors (Lipinski definition) is 6. The van der Waals surface area contributed by atoms with Crippen LogP contribution in [0.3, 0.4) is 0 Å². The maximum atomic E-state index is 12.2. The number of nitrogens with zero attached hydrogens (tertiary/aromatic N) is 4. The topological polar surface area (TPSA) is 80.7 Å². The first-order valence-corrected chi connectivity index (χ1v) is 7.46. The number of anilines is 1. The van der Waals surface area contributed by atoms with Gasteiger partial charge in [0.15, 0.2) is 0 Å². The molecule has 0 saturated heterocycles. The van der Waals surface area contributed by atoms with Gasteiger partial charge in [-0.2, -0.15) is 4.37 Å². The average molecular weight is 332 g/mol. The van der Waals surface area contributed by atoms with Crippen molar-refractivity contribution in [2.75, 3.05) is 5.32 Å². The molecule has 110 valence electrons. The van der Waals surface area contributed by atoms with Crippen molar-refractivity contribution in [2.24, 2.45) is 0 Å². The molecule has 8 heteroatoms. The quantitative estimate of drug-likeness (QED) is 0.797. The predicted octanol–water partition coefficient (Wildman–Crippen LogP) is 3.21. The Balaban J connectivity index is 1.86. The second kappa shape index (κ2) is 6.17. The van der Waals surface area contributed by atoms with Gasteiger partial charge in [-0.05, 0) is 25.1 Å². The highest BCUT2D eigenvalue weighted by Gasteiger charge is 2.12. The van der Waals surface area contributed by atoms with Gasteiger partial charge in [-0.1, -0.05) is 23.7 Å². The van der Waals surface area contributed by atoms with Crippen molar-refractivity contribution in [3.05, 3.63) is 53.2 Å². The second-order valence-electron chi connectivity index (χ2n) is 4.40. The monoisotopic (exact) mass is 331 g/mol. The highest BCUT2D eigenvalue weighted by atomic mass is 35.5. The van der Waals surface area contributed by atoms with Crippen LogP contribution in [0.4, 0.5) is 5.13 Å². The first-order chi connectivity index (χ1) is 10.6. The van der Waals surface area contributed by atoms with Gasteiger partial charge in [-0.3, -0.25) is 10.1 Å². The zero-order chi connectivity index (χ0) is 15.5. The van der Waals surface area contributed by atoms with Crippen molar-refractivity contribution in [2.45, 2.75) is 6.92 Å². The molecule has 3 rings (SSSR count). The van der Waals surface area contributed by atoms with E-state index in [9.17, 15) is 4.79 Å². The summed E-state index contributed by atoms with van der Waals surface area (Å²) in [6.07, 6.45) is 1.34. The summed E-state index contributed by atoms with van der Waals surface area (Å²) in [5, 5.41) is 3.70. The second-order valence-corrected chi connectivity index (χ2v) is 5.59. The van der Waals surface area contributed by atoms with Crippen LogP contribution in [0.25, 0.3) is 11.3 Å². The van der Waals surface area contributed by atoms with Crippen LogP contribution in [-0.4, -0.2) is 25.2 Å². The molecule has 0 fully saturated rings. The summed E-state index contributed by atoms with van der Waals surface area (Å²) < 4.78 is 4.01. The summed E-state index contributed by atoms with van der Waals surface area (Å²) in [5.41, 5.74) is 1.68. The number of aryl methyl sites for hydroxylation is 1. The van der Waals surface area contributed by atoms with Gasteiger partial charge in [0.25, 0.3) is 5.91 Å². The van der Waals surface area contributed by atoms with Crippen molar-refractivity contribution in [3.63, 3.8) is 0 Å². The molecule has 0 aliphatic heterocycles. The van der Waals surface area contributed by atoms with Crippen LogP contribution in [0.2, 0.25) is 5.02 Å². The third kappa shape index (κ3) is 3.26. The predicted molar refractivity (Wildman–Crippen MR) is 85.1 cm³/mol. The van der Waals surface area contributed by atoms with Gasteiger partial charge in [-0.25, -0.2) is 15.0 Å². The summed E-state index contributed by atoms with van der Waals surface area (Å²) in [6.45, 7) is 1.76. The summed E-state index contributed by atoms with van der Waals surface area (Å²) in [7, 11) is 0. The van der Waals surface area contributed by atoms with Gasteiger partial charge in [0.05, 0.1) is 5.69 Å². The molecule has 1 N–H and O–H groups in total. The van der Waals surface area contributed by atoms with Gasteiger partial charge in [0.2, 0.25) is 5.13 Å². The standard InChI is InChI=1S/C14H10ClN5OS/c1-8-18-14(22-20-8)19-13(21)12-6-11(16-7-17-12)9-3-2-4-10(15)5-9/h2-7H,1H3,(H,18,19,20,21). The van der Waals surface area contributed by atoms with Crippen LogP contribution in [0.15, 0.2) is 36.7 Å². The van der Waals surface area contributed by atoms with E-state index >= 15 is 0 Å². The highest BCUT2D eigenvalue weighted by molar-refractivity contribution is 7.09. The Morgan fingerprint density at radius 2 is 2.14 bits per heavy atom. The summed E-state index contributed by atoms with van der Waals surface area (Å²) in [5.74, 6) is 0.254. The molecular formula is C14H10ClN5OS. The molecule has 0 aliphatic rings. The van der Waals surface area contributed by atoms with Crippen molar-refractivity contribution in [1.29, 1.82) is 0 Å². The van der Waals surface area contributed by atoms with Crippen LogP contribution < -0.4 is 5.32 Å². The number of carbonyl (C=O) groups is 1. The van der Waals surface area contributed by atoms with E-state index < -0.39 is 0 Å². The maximum absolute atomic E-state index is 12.2. The lowest BCUT2D eigenvalue weighted by Crippen LogP contribution is -2.13. The SMILES string of the molecule is Cc1nsc(NC(=O)c2cc(-c3cccc(Cl)c3)ncn2)n1. The minimum Gasteiger partial charge on any atom is -0.295 e. The maximum Gasteiger partial charge on any atom is 0.276 e. The molecule has 0 atom stereocenters. The van der Waals surface area contributed by atoms with Crippen LogP contribution in [0, 0.1) is 6.92 Å². The molecule has 0 radical (unpaired) electrons. The van der Waals surface area contributed by atoms with E-state index in [-0.39, 0.29) is 11.6 Å². The number of aromatic nitrogens is 4. The van der Waals surface area contributed by atoms with Crippen LogP contribution in [-0.2, 0) is 0 Å². The van der Waals surface area contributed by atoms with Crippen LogP contribution in [0.5, 0.6) is 0 Å². The lowest BCUT2D eigenvalue weighted by Gasteiger charge is -2.04. The molecule has 0 unspecified atom stereocenters. The van der Waals surface area contributed by atoms with Crippen molar-refractivity contribution in [1.82, 2.24) is 19.3 Å². The van der Waals surface area contributed by atoms with Crippen molar-refractivity contribution < 1.29 is 4.79 Å². The Morgan fingerprint density at radius 1 is 1.27 bits per heavy atom. The highest BCUT2D eigenvalue weighted by Crippen LogP contribution is 2.21. The van der Waals surface area contributed by atoms with Gasteiger partial charge in [0, 0.05) is 22.1 Å². The molecule has 2 aromatic heterocycles. The molecule has 0 bridgehead atoms. The van der Waals surface area contributed by atoms with Gasteiger partial charge >= 0.3 is 0 Å². The lowest BCUT2D eigenvalue weighted by molar-refractivity contribution is 0.102. The van der Waals surface area contributed by atoms with Crippen molar-refractivity contribution >= 4 is 34.2 Å². The number of nitrogens with one attached hydrogen (secondary N) is 1. The average Bonchev–Trinajstić information content (AvgIpc) is 2.92. The number of benzene rings is 1. The first kappa shape index (κ1) is 14.6. The molecule has 1 amide bonds. The van der Waals surface area contributed by atoms with Gasteiger partial charge in [-0.15, -0.1) is 0 Å². The molecule has 0 saturated carbocycles. The minimum absolute atomic E-state index is 0.248. The van der Waals surface area contributed by atoms with E-state index in [4.69, 9.17) is 11.6 Å². The molecule has 22 heavy (non-hydrogen) atoms. The number of amides is 1. The smallest absolute Gasteiger partial charge is 0.276 e. The zero-order valence-electron chi connectivity index (χ0n) is 11.4. The number of halogens is 1. The largest absolute Gasteiger partial charge is 0.295 e. The molecular weight excluding hydrogens is 322 g/mol. The Morgan fingerprint density at radius 3 is 2.86 bits per heavy atom. The normalized spacial score (nSPS) is 10.5. The Labute approximate surface area is 135 Å². The third-order valence-corrected chi connectivity index (χ3v) is 3.73. The summed E-state index contributed by atoms with van der Waals surface area (Å²) >= 11 is 7.09. The number of carbonyl (C=O) groups excluding carboxylic acids is 1. The lowest BCUT2D eigenvalue weighted by atomic mass is 10.1.